The van der Waals surface area contributed by atoms with Gasteiger partial charge in [-0.25, -0.2) is 0 Å². The molecular weight excluding hydrogens is 296 g/mol. The molecule has 0 aliphatic carbocycles. The van der Waals surface area contributed by atoms with Crippen LogP contribution >= 0.6 is 12.2 Å². The van der Waals surface area contributed by atoms with Gasteiger partial charge in [0, 0.05) is 18.8 Å². The molecule has 0 radical (unpaired) electrons. The molecule has 0 spiro atoms. The summed E-state index contributed by atoms with van der Waals surface area (Å²) in [4.78, 5) is 10.2. The average molecular weight is 318 g/mol. The molecule has 1 aromatic carbocycles. The van der Waals surface area contributed by atoms with Gasteiger partial charge in [-0.15, -0.1) is 0 Å². The van der Waals surface area contributed by atoms with Crippen LogP contribution in [0.1, 0.15) is 24.0 Å². The third kappa shape index (κ3) is 4.42. The maximum Gasteiger partial charge on any atom is 0.225 e. The molecule has 2 rings (SSSR count). The summed E-state index contributed by atoms with van der Waals surface area (Å²) in [6, 6.07) is 6.04. The zero-order valence-electron chi connectivity index (χ0n) is 13.0. The predicted molar refractivity (Wildman–Crippen MR) is 96.2 cm³/mol. The predicted octanol–water partition coefficient (Wildman–Crippen LogP) is 1.73. The molecule has 1 aliphatic rings. The van der Waals surface area contributed by atoms with Crippen molar-refractivity contribution < 1.29 is 0 Å². The minimum Gasteiger partial charge on any atom is -0.369 e. The molecule has 5 N–H and O–H groups in total. The number of aliphatic imine (C=N–C) groups is 2. The molecule has 1 aliphatic heterocycles. The van der Waals surface area contributed by atoms with E-state index >= 15 is 0 Å². The molecule has 0 aromatic heterocycles. The fourth-order valence-electron chi connectivity index (χ4n) is 2.36. The fraction of sp³-hybridized carbons (Fsp3) is 0.400. The number of nitrogens with two attached hydrogens (primary N) is 2. The Hall–Kier alpha value is -2.15. The van der Waals surface area contributed by atoms with Crippen molar-refractivity contribution in [2.24, 2.45) is 21.5 Å². The summed E-state index contributed by atoms with van der Waals surface area (Å²) in [5.74, 6) is 0.458. The van der Waals surface area contributed by atoms with E-state index in [1.54, 1.807) is 0 Å². The van der Waals surface area contributed by atoms with Gasteiger partial charge in [0.2, 0.25) is 11.1 Å². The Morgan fingerprint density at radius 3 is 2.50 bits per heavy atom. The lowest BCUT2D eigenvalue weighted by Gasteiger charge is -2.15. The summed E-state index contributed by atoms with van der Waals surface area (Å²) < 4.78 is 0. The van der Waals surface area contributed by atoms with Gasteiger partial charge in [0.25, 0.3) is 0 Å². The van der Waals surface area contributed by atoms with Crippen LogP contribution in [0.5, 0.6) is 0 Å². The number of nitrogens with one attached hydrogen (secondary N) is 1. The highest BCUT2D eigenvalue weighted by Crippen LogP contribution is 2.16. The first-order chi connectivity index (χ1) is 10.5. The van der Waals surface area contributed by atoms with Gasteiger partial charge < -0.3 is 21.7 Å². The van der Waals surface area contributed by atoms with Crippen molar-refractivity contribution >= 4 is 34.9 Å². The Morgan fingerprint density at radius 1 is 1.18 bits per heavy atom. The summed E-state index contributed by atoms with van der Waals surface area (Å²) in [5, 5.41) is 3.32. The van der Waals surface area contributed by atoms with Crippen LogP contribution in [0.25, 0.3) is 0 Å². The van der Waals surface area contributed by atoms with Crippen LogP contribution in [0.4, 0.5) is 5.69 Å². The molecule has 22 heavy (non-hydrogen) atoms. The monoisotopic (exact) mass is 318 g/mol. The minimum atomic E-state index is 0.0617. The van der Waals surface area contributed by atoms with Crippen molar-refractivity contribution in [1.82, 2.24) is 4.90 Å². The molecule has 1 aromatic rings. The van der Waals surface area contributed by atoms with Crippen LogP contribution in [-0.4, -0.2) is 35.0 Å². The average Bonchev–Trinajstić information content (AvgIpc) is 2.95. The second-order valence-electron chi connectivity index (χ2n) is 5.38. The quantitative estimate of drug-likeness (QED) is 0.417. The van der Waals surface area contributed by atoms with Crippen LogP contribution in [-0.2, 0) is 0 Å². The third-order valence-corrected chi connectivity index (χ3v) is 3.69. The minimum absolute atomic E-state index is 0.0617. The van der Waals surface area contributed by atoms with Crippen molar-refractivity contribution in [1.29, 1.82) is 0 Å². The molecule has 118 valence electrons. The van der Waals surface area contributed by atoms with Crippen molar-refractivity contribution in [2.45, 2.75) is 26.7 Å². The van der Waals surface area contributed by atoms with Crippen molar-refractivity contribution in [3.8, 4) is 0 Å². The number of likely N-dealkylation sites (tertiary alicyclic amines) is 1. The first-order valence-electron chi connectivity index (χ1n) is 7.27. The number of anilines is 1. The molecule has 0 bridgehead atoms. The number of benzene rings is 1. The molecule has 6 nitrogen and oxygen atoms in total. The first-order valence-corrected chi connectivity index (χ1v) is 7.68. The number of rotatable bonds is 1. The van der Waals surface area contributed by atoms with Crippen LogP contribution < -0.4 is 16.8 Å². The third-order valence-electron chi connectivity index (χ3n) is 3.50. The van der Waals surface area contributed by atoms with E-state index in [1.807, 2.05) is 30.9 Å². The van der Waals surface area contributed by atoms with Crippen molar-refractivity contribution in [3.63, 3.8) is 0 Å². The molecule has 1 fully saturated rings. The highest BCUT2D eigenvalue weighted by Gasteiger charge is 2.13. The lowest BCUT2D eigenvalue weighted by molar-refractivity contribution is 0.514. The molecule has 1 heterocycles. The Morgan fingerprint density at radius 2 is 1.86 bits per heavy atom. The van der Waals surface area contributed by atoms with E-state index in [4.69, 9.17) is 23.7 Å². The smallest absolute Gasteiger partial charge is 0.225 e. The van der Waals surface area contributed by atoms with Gasteiger partial charge in [0.15, 0.2) is 5.96 Å². The van der Waals surface area contributed by atoms with Crippen molar-refractivity contribution in [2.75, 3.05) is 18.4 Å². The summed E-state index contributed by atoms with van der Waals surface area (Å²) in [6.07, 6.45) is 2.25. The largest absolute Gasteiger partial charge is 0.369 e. The highest BCUT2D eigenvalue weighted by molar-refractivity contribution is 7.80. The van der Waals surface area contributed by atoms with Gasteiger partial charge in [0.05, 0.1) is 0 Å². The summed E-state index contributed by atoms with van der Waals surface area (Å²) >= 11 is 5.19. The van der Waals surface area contributed by atoms with E-state index in [9.17, 15) is 0 Å². The maximum atomic E-state index is 5.90. The summed E-state index contributed by atoms with van der Waals surface area (Å²) in [5.41, 5.74) is 14.9. The van der Waals surface area contributed by atoms with Gasteiger partial charge in [-0.1, -0.05) is 17.7 Å². The second-order valence-corrected chi connectivity index (χ2v) is 5.77. The summed E-state index contributed by atoms with van der Waals surface area (Å²) in [7, 11) is 0. The van der Waals surface area contributed by atoms with E-state index in [1.165, 1.54) is 5.56 Å². The van der Waals surface area contributed by atoms with Gasteiger partial charge in [-0.3, -0.25) is 0 Å². The van der Waals surface area contributed by atoms with Crippen LogP contribution in [0.2, 0.25) is 0 Å². The van der Waals surface area contributed by atoms with Gasteiger partial charge >= 0.3 is 0 Å². The van der Waals surface area contributed by atoms with E-state index in [2.05, 4.69) is 21.4 Å². The van der Waals surface area contributed by atoms with E-state index in [0.717, 1.165) is 37.2 Å². The Labute approximate surface area is 136 Å². The van der Waals surface area contributed by atoms with Gasteiger partial charge in [-0.2, -0.15) is 9.98 Å². The SMILES string of the molecule is Cc1ccc(NC(=S)/N=C(N)/N=C(\N)N2CCCC2)c(C)c1. The Kier molecular flexibility index (Phi) is 5.32. The Balaban J connectivity index is 2.01. The number of thiocarbonyl (C=S) groups is 1. The number of aryl methyl sites for hydroxylation is 2. The molecule has 1 saturated heterocycles. The number of nitrogens with zero attached hydrogens (tertiary/aromatic N) is 3. The molecule has 0 saturated carbocycles. The summed E-state index contributed by atoms with van der Waals surface area (Å²) in [6.45, 7) is 5.87. The van der Waals surface area contributed by atoms with Gasteiger partial charge in [0.1, 0.15) is 0 Å². The van der Waals surface area contributed by atoms with Gasteiger partial charge in [-0.05, 0) is 50.5 Å². The van der Waals surface area contributed by atoms with Crippen LogP contribution in [0.15, 0.2) is 28.2 Å². The Bertz CT molecular complexity index is 616. The van der Waals surface area contributed by atoms with E-state index in [-0.39, 0.29) is 11.1 Å². The zero-order chi connectivity index (χ0) is 16.1. The molecule has 0 amide bonds. The number of guanidine groups is 2. The topological polar surface area (TPSA) is 92.0 Å². The second kappa shape index (κ2) is 7.22. The molecular formula is C15H22N6S. The fourth-order valence-corrected chi connectivity index (χ4v) is 2.56. The molecule has 7 heteroatoms. The lowest BCUT2D eigenvalue weighted by Crippen LogP contribution is -2.36. The molecule has 0 atom stereocenters. The zero-order valence-corrected chi connectivity index (χ0v) is 13.8. The standard InChI is InChI=1S/C15H22N6S/c1-10-5-6-12(11(2)9-10)18-15(22)20-13(16)19-14(17)21-7-3-4-8-21/h5-6,9H,3-4,7-8H2,1-2H3,(H5,16,17,18,19,20,22). The van der Waals surface area contributed by atoms with Crippen LogP contribution in [0.3, 0.4) is 0 Å². The maximum absolute atomic E-state index is 5.90. The van der Waals surface area contributed by atoms with Crippen molar-refractivity contribution in [3.05, 3.63) is 29.3 Å². The van der Waals surface area contributed by atoms with E-state index in [0.29, 0.717) is 5.96 Å². The lowest BCUT2D eigenvalue weighted by atomic mass is 10.1. The number of hydrogen-bond acceptors (Lipinski definition) is 1. The molecule has 0 unspecified atom stereocenters. The number of hydrogen-bond donors (Lipinski definition) is 3. The van der Waals surface area contributed by atoms with E-state index < -0.39 is 0 Å². The first kappa shape index (κ1) is 16.2. The van der Waals surface area contributed by atoms with Crippen LogP contribution in [0, 0.1) is 13.8 Å². The normalized spacial score (nSPS) is 16.0. The highest BCUT2D eigenvalue weighted by atomic mass is 32.1.